The lowest BCUT2D eigenvalue weighted by atomic mass is 9.98. The van der Waals surface area contributed by atoms with Crippen molar-refractivity contribution in [3.8, 4) is 11.5 Å². The summed E-state index contributed by atoms with van der Waals surface area (Å²) in [5.41, 5.74) is 2.04. The molecule has 21 heavy (non-hydrogen) atoms. The van der Waals surface area contributed by atoms with Gasteiger partial charge in [0.15, 0.2) is 5.82 Å². The van der Waals surface area contributed by atoms with Crippen molar-refractivity contribution in [2.75, 3.05) is 32.0 Å². The van der Waals surface area contributed by atoms with E-state index in [1.54, 1.807) is 0 Å². The van der Waals surface area contributed by atoms with Crippen LogP contribution in [0.2, 0.25) is 0 Å². The lowest BCUT2D eigenvalue weighted by molar-refractivity contribution is 0.217. The topological polar surface area (TPSA) is 54.2 Å². The van der Waals surface area contributed by atoms with Crippen LogP contribution < -0.4 is 5.32 Å². The second kappa shape index (κ2) is 6.26. The number of para-hydroxylation sites is 1. The number of rotatable bonds is 4. The van der Waals surface area contributed by atoms with Crippen molar-refractivity contribution in [1.82, 2.24) is 15.0 Å². The maximum absolute atomic E-state index is 5.29. The standard InChI is InChI=1S/C16H22N4O/c1-12-18-16(21-19-12)14-7-3-4-8-15(14)17-10-13-6-5-9-20(2)11-13/h3-4,7-8,13,17H,5-6,9-11H2,1-2H3. The maximum Gasteiger partial charge on any atom is 0.260 e. The fourth-order valence-corrected chi connectivity index (χ4v) is 2.92. The molecule has 1 N–H and O–H groups in total. The van der Waals surface area contributed by atoms with Gasteiger partial charge in [-0.1, -0.05) is 17.3 Å². The fourth-order valence-electron chi connectivity index (χ4n) is 2.92. The van der Waals surface area contributed by atoms with E-state index in [2.05, 4.69) is 33.5 Å². The van der Waals surface area contributed by atoms with E-state index in [-0.39, 0.29) is 0 Å². The highest BCUT2D eigenvalue weighted by Gasteiger charge is 2.18. The molecule has 0 aliphatic carbocycles. The number of hydrogen-bond acceptors (Lipinski definition) is 5. The number of nitrogens with zero attached hydrogens (tertiary/aromatic N) is 3. The van der Waals surface area contributed by atoms with Gasteiger partial charge in [0.2, 0.25) is 0 Å². The van der Waals surface area contributed by atoms with Crippen LogP contribution in [0.4, 0.5) is 5.69 Å². The second-order valence-electron chi connectivity index (χ2n) is 5.84. The van der Waals surface area contributed by atoms with Crippen LogP contribution in [0, 0.1) is 12.8 Å². The number of nitrogens with one attached hydrogen (secondary N) is 1. The predicted octanol–water partition coefficient (Wildman–Crippen LogP) is 2.80. The third-order valence-corrected chi connectivity index (χ3v) is 3.99. The molecular formula is C16H22N4O. The SMILES string of the molecule is Cc1noc(-c2ccccc2NCC2CCCN(C)C2)n1. The highest BCUT2D eigenvalue weighted by molar-refractivity contribution is 5.72. The second-order valence-corrected chi connectivity index (χ2v) is 5.84. The zero-order valence-electron chi connectivity index (χ0n) is 12.7. The largest absolute Gasteiger partial charge is 0.384 e. The molecule has 1 atom stereocenters. The Kier molecular flexibility index (Phi) is 4.20. The Hall–Kier alpha value is -1.88. The number of piperidine rings is 1. The monoisotopic (exact) mass is 286 g/mol. The minimum absolute atomic E-state index is 0.580. The first-order valence-corrected chi connectivity index (χ1v) is 7.54. The Morgan fingerprint density at radius 2 is 2.24 bits per heavy atom. The van der Waals surface area contributed by atoms with Gasteiger partial charge in [0, 0.05) is 18.8 Å². The maximum atomic E-state index is 5.29. The van der Waals surface area contributed by atoms with Crippen molar-refractivity contribution >= 4 is 5.69 Å². The van der Waals surface area contributed by atoms with Gasteiger partial charge in [-0.15, -0.1) is 0 Å². The van der Waals surface area contributed by atoms with Crippen LogP contribution in [-0.4, -0.2) is 41.7 Å². The first kappa shape index (κ1) is 14.1. The fraction of sp³-hybridized carbons (Fsp3) is 0.500. The molecular weight excluding hydrogens is 264 g/mol. The molecule has 0 radical (unpaired) electrons. The Morgan fingerprint density at radius 1 is 1.38 bits per heavy atom. The minimum Gasteiger partial charge on any atom is -0.384 e. The van der Waals surface area contributed by atoms with Crippen LogP contribution in [0.3, 0.4) is 0 Å². The molecule has 0 spiro atoms. The number of aromatic nitrogens is 2. The van der Waals surface area contributed by atoms with Crippen molar-refractivity contribution in [3.63, 3.8) is 0 Å². The van der Waals surface area contributed by atoms with Crippen molar-refractivity contribution in [2.24, 2.45) is 5.92 Å². The third kappa shape index (κ3) is 3.42. The highest BCUT2D eigenvalue weighted by atomic mass is 16.5. The first-order valence-electron chi connectivity index (χ1n) is 7.54. The van der Waals surface area contributed by atoms with Gasteiger partial charge in [-0.3, -0.25) is 0 Å². The molecule has 2 aromatic rings. The Labute approximate surface area is 125 Å². The van der Waals surface area contributed by atoms with E-state index in [0.29, 0.717) is 17.6 Å². The summed E-state index contributed by atoms with van der Waals surface area (Å²) in [6, 6.07) is 8.11. The van der Waals surface area contributed by atoms with Gasteiger partial charge in [0.25, 0.3) is 5.89 Å². The minimum atomic E-state index is 0.580. The van der Waals surface area contributed by atoms with Gasteiger partial charge in [-0.05, 0) is 51.4 Å². The quantitative estimate of drug-likeness (QED) is 0.936. The summed E-state index contributed by atoms with van der Waals surface area (Å²) >= 11 is 0. The van der Waals surface area contributed by atoms with E-state index in [9.17, 15) is 0 Å². The van der Waals surface area contributed by atoms with E-state index in [4.69, 9.17) is 4.52 Å². The van der Waals surface area contributed by atoms with Crippen molar-refractivity contribution in [1.29, 1.82) is 0 Å². The smallest absolute Gasteiger partial charge is 0.260 e. The number of hydrogen-bond donors (Lipinski definition) is 1. The van der Waals surface area contributed by atoms with E-state index in [1.807, 2.05) is 25.1 Å². The molecule has 0 bridgehead atoms. The molecule has 1 unspecified atom stereocenters. The molecule has 5 heteroatoms. The van der Waals surface area contributed by atoms with Gasteiger partial charge in [0.1, 0.15) is 0 Å². The molecule has 1 aliphatic heterocycles. The summed E-state index contributed by atoms with van der Waals surface area (Å²) in [5.74, 6) is 1.94. The lowest BCUT2D eigenvalue weighted by Crippen LogP contribution is -2.35. The zero-order chi connectivity index (χ0) is 14.7. The Morgan fingerprint density at radius 3 is 3.00 bits per heavy atom. The first-order chi connectivity index (χ1) is 10.2. The number of benzene rings is 1. The van der Waals surface area contributed by atoms with E-state index < -0.39 is 0 Å². The van der Waals surface area contributed by atoms with Crippen molar-refractivity contribution < 1.29 is 4.52 Å². The van der Waals surface area contributed by atoms with Crippen LogP contribution >= 0.6 is 0 Å². The Balaban J connectivity index is 1.71. The van der Waals surface area contributed by atoms with Crippen LogP contribution in [0.25, 0.3) is 11.5 Å². The lowest BCUT2D eigenvalue weighted by Gasteiger charge is -2.30. The van der Waals surface area contributed by atoms with Crippen molar-refractivity contribution in [3.05, 3.63) is 30.1 Å². The van der Waals surface area contributed by atoms with Gasteiger partial charge in [0.05, 0.1) is 5.56 Å². The van der Waals surface area contributed by atoms with Gasteiger partial charge in [-0.25, -0.2) is 0 Å². The molecule has 1 aromatic heterocycles. The average molecular weight is 286 g/mol. The Bertz CT molecular complexity index is 595. The number of anilines is 1. The molecule has 1 aliphatic rings. The van der Waals surface area contributed by atoms with Crippen molar-refractivity contribution in [2.45, 2.75) is 19.8 Å². The summed E-state index contributed by atoms with van der Waals surface area (Å²) in [5, 5.41) is 7.43. The number of likely N-dealkylation sites (tertiary alicyclic amines) is 1. The molecule has 5 nitrogen and oxygen atoms in total. The molecule has 3 rings (SSSR count). The summed E-state index contributed by atoms with van der Waals surface area (Å²) in [4.78, 5) is 6.73. The van der Waals surface area contributed by atoms with Crippen LogP contribution in [0.15, 0.2) is 28.8 Å². The average Bonchev–Trinajstić information content (AvgIpc) is 2.92. The van der Waals surface area contributed by atoms with E-state index in [0.717, 1.165) is 24.3 Å². The van der Waals surface area contributed by atoms with Gasteiger partial charge < -0.3 is 14.7 Å². The summed E-state index contributed by atoms with van der Waals surface area (Å²) in [7, 11) is 2.20. The summed E-state index contributed by atoms with van der Waals surface area (Å²) in [6.07, 6.45) is 2.58. The van der Waals surface area contributed by atoms with E-state index in [1.165, 1.54) is 19.4 Å². The van der Waals surface area contributed by atoms with Crippen LogP contribution in [0.1, 0.15) is 18.7 Å². The predicted molar refractivity (Wildman–Crippen MR) is 83.2 cm³/mol. The van der Waals surface area contributed by atoms with E-state index >= 15 is 0 Å². The normalized spacial score (nSPS) is 19.6. The van der Waals surface area contributed by atoms with Crippen LogP contribution in [0.5, 0.6) is 0 Å². The molecule has 2 heterocycles. The molecule has 0 saturated carbocycles. The number of aryl methyl sites for hydroxylation is 1. The summed E-state index contributed by atoms with van der Waals surface area (Å²) in [6.45, 7) is 5.19. The van der Waals surface area contributed by atoms with Crippen LogP contribution in [-0.2, 0) is 0 Å². The zero-order valence-corrected chi connectivity index (χ0v) is 12.7. The third-order valence-electron chi connectivity index (χ3n) is 3.99. The van der Waals surface area contributed by atoms with Gasteiger partial charge in [-0.2, -0.15) is 4.98 Å². The summed E-state index contributed by atoms with van der Waals surface area (Å²) < 4.78 is 5.29. The molecule has 1 aromatic carbocycles. The molecule has 0 amide bonds. The molecule has 112 valence electrons. The highest BCUT2D eigenvalue weighted by Crippen LogP contribution is 2.27. The molecule has 1 fully saturated rings. The molecule has 1 saturated heterocycles. The van der Waals surface area contributed by atoms with Gasteiger partial charge >= 0.3 is 0 Å².